The predicted molar refractivity (Wildman–Crippen MR) is 83.2 cm³/mol. The number of halogens is 3. The third-order valence-electron chi connectivity index (χ3n) is 3.39. The van der Waals surface area contributed by atoms with E-state index >= 15 is 0 Å². The Morgan fingerprint density at radius 2 is 1.78 bits per heavy atom. The van der Waals surface area contributed by atoms with Gasteiger partial charge in [0.25, 0.3) is 0 Å². The molecule has 1 aliphatic rings. The van der Waals surface area contributed by atoms with Gasteiger partial charge < -0.3 is 25.5 Å². The summed E-state index contributed by atoms with van der Waals surface area (Å²) < 4.78 is 31.7. The van der Waals surface area contributed by atoms with Crippen LogP contribution in [0.2, 0.25) is 0 Å². The second-order valence-electron chi connectivity index (χ2n) is 5.47. The molecule has 0 saturated carbocycles. The van der Waals surface area contributed by atoms with E-state index < -0.39 is 30.1 Å². The maximum atomic E-state index is 12.1. The van der Waals surface area contributed by atoms with Gasteiger partial charge in [0.1, 0.15) is 6.04 Å². The predicted octanol–water partition coefficient (Wildman–Crippen LogP) is 1.25. The normalized spacial score (nSPS) is 16.2. The number of nitrogens with one attached hydrogen (secondary N) is 1. The highest BCUT2D eigenvalue weighted by atomic mass is 19.4. The van der Waals surface area contributed by atoms with Gasteiger partial charge in [0.15, 0.2) is 0 Å². The van der Waals surface area contributed by atoms with Crippen LogP contribution in [-0.4, -0.2) is 63.3 Å². The van der Waals surface area contributed by atoms with Crippen molar-refractivity contribution in [1.82, 2.24) is 4.90 Å². The summed E-state index contributed by atoms with van der Waals surface area (Å²) in [6.45, 7) is 0.235. The maximum Gasteiger partial charge on any atom is 0.490 e. The van der Waals surface area contributed by atoms with E-state index in [0.717, 1.165) is 0 Å². The average molecular weight is 392 g/mol. The molecule has 0 saturated heterocycles. The number of amides is 1. The van der Waals surface area contributed by atoms with Gasteiger partial charge in [0.2, 0.25) is 5.91 Å². The van der Waals surface area contributed by atoms with Crippen LogP contribution in [0.25, 0.3) is 0 Å². The molecule has 1 amide bonds. The lowest BCUT2D eigenvalue weighted by molar-refractivity contribution is -0.192. The Morgan fingerprint density at radius 1 is 1.22 bits per heavy atom. The van der Waals surface area contributed by atoms with Crippen molar-refractivity contribution in [3.63, 3.8) is 0 Å². The summed E-state index contributed by atoms with van der Waals surface area (Å²) >= 11 is 0. The molecule has 0 fully saturated rings. The first-order valence-corrected chi connectivity index (χ1v) is 7.22. The van der Waals surface area contributed by atoms with Crippen LogP contribution in [0, 0.1) is 0 Å². The quantitative estimate of drug-likeness (QED) is 0.602. The number of fused-ring (bicyclic) bond motifs is 1. The number of aliphatic carboxylic acids is 2. The van der Waals surface area contributed by atoms with Gasteiger partial charge >= 0.3 is 24.1 Å². The van der Waals surface area contributed by atoms with Crippen molar-refractivity contribution >= 4 is 29.5 Å². The number of carboxylic acids is 3. The molecule has 0 aromatic heterocycles. The van der Waals surface area contributed by atoms with Crippen LogP contribution in [0.3, 0.4) is 0 Å². The Hall–Kier alpha value is -3.31. The molecule has 0 spiro atoms. The van der Waals surface area contributed by atoms with Crippen LogP contribution in [0.15, 0.2) is 18.2 Å². The molecule has 0 radical (unpaired) electrons. The second kappa shape index (κ2) is 8.38. The molecule has 0 bridgehead atoms. The number of nitrogens with zero attached hydrogens (tertiary/aromatic N) is 1. The minimum atomic E-state index is -5.08. The number of carbonyl (C=O) groups is 4. The first-order chi connectivity index (χ1) is 12.3. The van der Waals surface area contributed by atoms with Crippen LogP contribution in [0.4, 0.5) is 18.9 Å². The highest BCUT2D eigenvalue weighted by Crippen LogP contribution is 2.24. The maximum absolute atomic E-state index is 12.1. The van der Waals surface area contributed by atoms with Gasteiger partial charge in [-0.25, -0.2) is 9.59 Å². The molecule has 4 N–H and O–H groups in total. The van der Waals surface area contributed by atoms with Gasteiger partial charge in [-0.3, -0.25) is 9.59 Å². The zero-order chi connectivity index (χ0) is 20.9. The molecule has 1 aromatic carbocycles. The number of hydrogen-bond acceptors (Lipinski definition) is 5. The van der Waals surface area contributed by atoms with Crippen LogP contribution in [0.1, 0.15) is 22.3 Å². The molecule has 1 heterocycles. The number of rotatable bonds is 3. The number of aromatic carboxylic acids is 1. The summed E-state index contributed by atoms with van der Waals surface area (Å²) in [7, 11) is 1.56. The van der Waals surface area contributed by atoms with Gasteiger partial charge in [-0.2, -0.15) is 13.2 Å². The summed E-state index contributed by atoms with van der Waals surface area (Å²) in [5.41, 5.74) is 1.36. The fourth-order valence-corrected chi connectivity index (χ4v) is 2.16. The van der Waals surface area contributed by atoms with E-state index in [4.69, 9.17) is 20.1 Å². The third kappa shape index (κ3) is 6.17. The molecule has 2 rings (SSSR count). The molecule has 9 nitrogen and oxygen atoms in total. The Labute approximate surface area is 150 Å². The lowest BCUT2D eigenvalue weighted by atomic mass is 10.1. The third-order valence-corrected chi connectivity index (χ3v) is 3.39. The summed E-state index contributed by atoms with van der Waals surface area (Å²) in [4.78, 5) is 44.1. The summed E-state index contributed by atoms with van der Waals surface area (Å²) in [5.74, 6) is -5.21. The molecule has 1 aliphatic heterocycles. The van der Waals surface area contributed by atoms with Crippen molar-refractivity contribution in [2.24, 2.45) is 0 Å². The minimum absolute atomic E-state index is 0.128. The summed E-state index contributed by atoms with van der Waals surface area (Å²) in [5, 5.41) is 27.8. The number of likely N-dealkylation sites (N-methyl/N-ethyl adjacent to an activating group) is 1. The second-order valence-corrected chi connectivity index (χ2v) is 5.47. The van der Waals surface area contributed by atoms with Crippen LogP contribution < -0.4 is 5.32 Å². The highest BCUT2D eigenvalue weighted by Gasteiger charge is 2.38. The Morgan fingerprint density at radius 3 is 2.22 bits per heavy atom. The molecular formula is C15H15F3N2O7. The first-order valence-electron chi connectivity index (χ1n) is 7.22. The SMILES string of the molecule is CN1Cc2cc(C(=O)O)ccc2N[C@@H](CC(=O)O)C1=O.O=C(O)C(F)(F)F. The van der Waals surface area contributed by atoms with Gasteiger partial charge in [0.05, 0.1) is 12.0 Å². The zero-order valence-corrected chi connectivity index (χ0v) is 13.8. The molecule has 148 valence electrons. The lowest BCUT2D eigenvalue weighted by Crippen LogP contribution is -2.39. The van der Waals surface area contributed by atoms with Crippen molar-refractivity contribution in [3.05, 3.63) is 29.3 Å². The lowest BCUT2D eigenvalue weighted by Gasteiger charge is -2.19. The number of carbonyl (C=O) groups excluding carboxylic acids is 1. The summed E-state index contributed by atoms with van der Waals surface area (Å²) in [6, 6.07) is 3.61. The molecule has 12 heteroatoms. The van der Waals surface area contributed by atoms with Crippen molar-refractivity contribution < 1.29 is 47.7 Å². The first kappa shape index (κ1) is 21.7. The van der Waals surface area contributed by atoms with E-state index in [-0.39, 0.29) is 24.4 Å². The molecule has 1 aromatic rings. The molecule has 0 aliphatic carbocycles. The van der Waals surface area contributed by atoms with Crippen LogP contribution in [0.5, 0.6) is 0 Å². The largest absolute Gasteiger partial charge is 0.490 e. The molecule has 1 atom stereocenters. The highest BCUT2D eigenvalue weighted by molar-refractivity contribution is 5.92. The zero-order valence-electron chi connectivity index (χ0n) is 13.8. The van der Waals surface area contributed by atoms with E-state index in [9.17, 15) is 27.6 Å². The Balaban J connectivity index is 0.000000445. The monoisotopic (exact) mass is 392 g/mol. The average Bonchev–Trinajstić information content (AvgIpc) is 2.64. The Kier molecular flexibility index (Phi) is 6.75. The van der Waals surface area contributed by atoms with E-state index in [2.05, 4.69) is 5.32 Å². The van der Waals surface area contributed by atoms with E-state index in [1.54, 1.807) is 13.1 Å². The van der Waals surface area contributed by atoms with Crippen molar-refractivity contribution in [2.75, 3.05) is 12.4 Å². The van der Waals surface area contributed by atoms with E-state index in [1.807, 2.05) is 0 Å². The van der Waals surface area contributed by atoms with Crippen LogP contribution in [-0.2, 0) is 20.9 Å². The number of hydrogen-bond donors (Lipinski definition) is 4. The van der Waals surface area contributed by atoms with Crippen molar-refractivity contribution in [1.29, 1.82) is 0 Å². The van der Waals surface area contributed by atoms with Gasteiger partial charge in [-0.15, -0.1) is 0 Å². The fourth-order valence-electron chi connectivity index (χ4n) is 2.16. The van der Waals surface area contributed by atoms with E-state index in [1.165, 1.54) is 17.0 Å². The Bertz CT molecular complexity index is 764. The number of anilines is 1. The molecule has 27 heavy (non-hydrogen) atoms. The standard InChI is InChI=1S/C13H14N2O5.C2HF3O2/c1-15-6-8-4-7(13(19)20)2-3-9(8)14-10(12(15)18)5-11(16)17;3-2(4,5)1(6)7/h2-4,10,14H,5-6H2,1H3,(H,16,17)(H,19,20);(H,6,7)/t10-;/m0./s1. The molecule has 0 unspecified atom stereocenters. The number of carboxylic acid groups (broad SMARTS) is 3. The van der Waals surface area contributed by atoms with Crippen LogP contribution >= 0.6 is 0 Å². The molecular weight excluding hydrogens is 377 g/mol. The topological polar surface area (TPSA) is 144 Å². The van der Waals surface area contributed by atoms with Gasteiger partial charge in [-0.1, -0.05) is 0 Å². The minimum Gasteiger partial charge on any atom is -0.481 e. The smallest absolute Gasteiger partial charge is 0.481 e. The van der Waals surface area contributed by atoms with Gasteiger partial charge in [0, 0.05) is 19.3 Å². The van der Waals surface area contributed by atoms with Gasteiger partial charge in [-0.05, 0) is 23.8 Å². The number of alkyl halides is 3. The summed E-state index contributed by atoms with van der Waals surface area (Å²) in [6.07, 6.45) is -5.41. The fraction of sp³-hybridized carbons (Fsp3) is 0.333. The van der Waals surface area contributed by atoms with Crippen molar-refractivity contribution in [3.8, 4) is 0 Å². The number of benzene rings is 1. The van der Waals surface area contributed by atoms with E-state index in [0.29, 0.717) is 11.3 Å². The van der Waals surface area contributed by atoms with Crippen molar-refractivity contribution in [2.45, 2.75) is 25.2 Å².